The van der Waals surface area contributed by atoms with Crippen molar-refractivity contribution in [3.8, 4) is 5.75 Å². The number of methoxy groups -OCH3 is 1. The molecular weight excluding hydrogens is 268 g/mol. The standard InChI is InChI=1S/C16H22N2O3/c1-11(2)10-17-14(19)16(7-8-16)15(20)18-12-5-4-6-13(9-12)21-3/h4-6,9,11H,7-8,10H2,1-3H3,(H,17,19)(H,18,20). The summed E-state index contributed by atoms with van der Waals surface area (Å²) < 4.78 is 5.12. The molecule has 0 atom stereocenters. The van der Waals surface area contributed by atoms with Crippen LogP contribution in [0.3, 0.4) is 0 Å². The second-order valence-corrected chi connectivity index (χ2v) is 5.87. The highest BCUT2D eigenvalue weighted by molar-refractivity contribution is 6.13. The summed E-state index contributed by atoms with van der Waals surface area (Å²) >= 11 is 0. The minimum atomic E-state index is -0.891. The van der Waals surface area contributed by atoms with Crippen LogP contribution in [0.2, 0.25) is 0 Å². The summed E-state index contributed by atoms with van der Waals surface area (Å²) in [5.41, 5.74) is -0.250. The third-order valence-corrected chi connectivity index (χ3v) is 3.62. The van der Waals surface area contributed by atoms with Crippen molar-refractivity contribution in [1.29, 1.82) is 0 Å². The van der Waals surface area contributed by atoms with Gasteiger partial charge in [-0.2, -0.15) is 0 Å². The van der Waals surface area contributed by atoms with Crippen LogP contribution in [0.4, 0.5) is 5.69 Å². The van der Waals surface area contributed by atoms with Gasteiger partial charge in [0.15, 0.2) is 0 Å². The van der Waals surface area contributed by atoms with E-state index in [2.05, 4.69) is 10.6 Å². The van der Waals surface area contributed by atoms with Crippen LogP contribution in [0.1, 0.15) is 26.7 Å². The highest BCUT2D eigenvalue weighted by Gasteiger charge is 2.56. The first-order valence-corrected chi connectivity index (χ1v) is 7.22. The first-order chi connectivity index (χ1) is 9.98. The number of nitrogens with one attached hydrogen (secondary N) is 2. The lowest BCUT2D eigenvalue weighted by atomic mass is 10.0. The van der Waals surface area contributed by atoms with Gasteiger partial charge in [0, 0.05) is 18.3 Å². The molecule has 2 N–H and O–H groups in total. The van der Waals surface area contributed by atoms with Gasteiger partial charge < -0.3 is 15.4 Å². The molecule has 5 nitrogen and oxygen atoms in total. The van der Waals surface area contributed by atoms with Crippen molar-refractivity contribution in [2.45, 2.75) is 26.7 Å². The van der Waals surface area contributed by atoms with Gasteiger partial charge in [0.25, 0.3) is 0 Å². The van der Waals surface area contributed by atoms with Crippen molar-refractivity contribution >= 4 is 17.5 Å². The molecule has 1 aliphatic rings. The smallest absolute Gasteiger partial charge is 0.240 e. The van der Waals surface area contributed by atoms with E-state index in [9.17, 15) is 9.59 Å². The zero-order chi connectivity index (χ0) is 15.5. The Balaban J connectivity index is 2.00. The second-order valence-electron chi connectivity index (χ2n) is 5.87. The Morgan fingerprint density at radius 3 is 2.57 bits per heavy atom. The first kappa shape index (κ1) is 15.4. The maximum Gasteiger partial charge on any atom is 0.240 e. The number of hydrogen-bond donors (Lipinski definition) is 2. The van der Waals surface area contributed by atoms with Gasteiger partial charge in [-0.15, -0.1) is 0 Å². The van der Waals surface area contributed by atoms with Gasteiger partial charge in [0.05, 0.1) is 7.11 Å². The van der Waals surface area contributed by atoms with E-state index in [0.29, 0.717) is 36.7 Å². The zero-order valence-electron chi connectivity index (χ0n) is 12.7. The summed E-state index contributed by atoms with van der Waals surface area (Å²) in [5, 5.41) is 5.66. The van der Waals surface area contributed by atoms with Crippen LogP contribution in [0.15, 0.2) is 24.3 Å². The molecule has 5 heteroatoms. The molecule has 0 saturated heterocycles. The van der Waals surface area contributed by atoms with Gasteiger partial charge in [-0.3, -0.25) is 9.59 Å². The summed E-state index contributed by atoms with van der Waals surface area (Å²) in [6.45, 7) is 4.64. The molecule has 0 aromatic heterocycles. The average molecular weight is 290 g/mol. The van der Waals surface area contributed by atoms with Gasteiger partial charge in [-0.05, 0) is 30.9 Å². The summed E-state index contributed by atoms with van der Waals surface area (Å²) in [6.07, 6.45) is 1.21. The van der Waals surface area contributed by atoms with Crippen molar-refractivity contribution < 1.29 is 14.3 Å². The number of carbonyl (C=O) groups is 2. The maximum absolute atomic E-state index is 12.4. The Labute approximate surface area is 125 Å². The van der Waals surface area contributed by atoms with E-state index in [1.807, 2.05) is 13.8 Å². The number of rotatable bonds is 6. The van der Waals surface area contributed by atoms with E-state index >= 15 is 0 Å². The van der Waals surface area contributed by atoms with Crippen LogP contribution in [-0.2, 0) is 9.59 Å². The van der Waals surface area contributed by atoms with Gasteiger partial charge in [0.1, 0.15) is 11.2 Å². The lowest BCUT2D eigenvalue weighted by molar-refractivity contribution is -0.134. The van der Waals surface area contributed by atoms with E-state index in [4.69, 9.17) is 4.74 Å². The third kappa shape index (κ3) is 3.54. The van der Waals surface area contributed by atoms with E-state index < -0.39 is 5.41 Å². The lowest BCUT2D eigenvalue weighted by Crippen LogP contribution is -2.41. The third-order valence-electron chi connectivity index (χ3n) is 3.62. The van der Waals surface area contributed by atoms with Crippen molar-refractivity contribution in [1.82, 2.24) is 5.32 Å². The fourth-order valence-electron chi connectivity index (χ4n) is 2.10. The van der Waals surface area contributed by atoms with E-state index in [1.165, 1.54) is 0 Å². The van der Waals surface area contributed by atoms with Crippen molar-refractivity contribution in [3.63, 3.8) is 0 Å². The Bertz CT molecular complexity index is 536. The normalized spacial score (nSPS) is 15.4. The average Bonchev–Trinajstić information content (AvgIpc) is 3.26. The predicted octanol–water partition coefficient (Wildman–Crippen LogP) is 2.19. The molecule has 0 heterocycles. The van der Waals surface area contributed by atoms with Gasteiger partial charge in [-0.25, -0.2) is 0 Å². The minimum absolute atomic E-state index is 0.170. The van der Waals surface area contributed by atoms with Crippen molar-refractivity contribution in [3.05, 3.63) is 24.3 Å². The molecule has 0 unspecified atom stereocenters. The summed E-state index contributed by atoms with van der Waals surface area (Å²) in [6, 6.07) is 7.12. The van der Waals surface area contributed by atoms with E-state index in [1.54, 1.807) is 31.4 Å². The number of benzene rings is 1. The highest BCUT2D eigenvalue weighted by Crippen LogP contribution is 2.46. The molecule has 2 rings (SSSR count). The fraction of sp³-hybridized carbons (Fsp3) is 0.500. The molecule has 114 valence electrons. The molecular formula is C16H22N2O3. The van der Waals surface area contributed by atoms with Crippen LogP contribution in [0, 0.1) is 11.3 Å². The number of ether oxygens (including phenoxy) is 1. The van der Waals surface area contributed by atoms with E-state index in [-0.39, 0.29) is 11.8 Å². The summed E-state index contributed by atoms with van der Waals surface area (Å²) in [4.78, 5) is 24.6. The second kappa shape index (κ2) is 6.16. The van der Waals surface area contributed by atoms with Crippen LogP contribution >= 0.6 is 0 Å². The molecule has 1 saturated carbocycles. The Morgan fingerprint density at radius 1 is 1.29 bits per heavy atom. The molecule has 1 aromatic carbocycles. The van der Waals surface area contributed by atoms with E-state index in [0.717, 1.165) is 0 Å². The largest absolute Gasteiger partial charge is 0.497 e. The lowest BCUT2D eigenvalue weighted by Gasteiger charge is -2.16. The summed E-state index contributed by atoms with van der Waals surface area (Å²) in [7, 11) is 1.57. The van der Waals surface area contributed by atoms with Gasteiger partial charge in [-0.1, -0.05) is 19.9 Å². The molecule has 2 amide bonds. The predicted molar refractivity (Wildman–Crippen MR) is 81.1 cm³/mol. The monoisotopic (exact) mass is 290 g/mol. The molecule has 1 aliphatic carbocycles. The van der Waals surface area contributed by atoms with Gasteiger partial charge >= 0.3 is 0 Å². The van der Waals surface area contributed by atoms with Crippen molar-refractivity contribution in [2.24, 2.45) is 11.3 Å². The summed E-state index contributed by atoms with van der Waals surface area (Å²) in [5.74, 6) is 0.627. The molecule has 0 aliphatic heterocycles. The molecule has 21 heavy (non-hydrogen) atoms. The number of carbonyl (C=O) groups excluding carboxylic acids is 2. The Hall–Kier alpha value is -2.04. The zero-order valence-corrected chi connectivity index (χ0v) is 12.7. The molecule has 1 aromatic rings. The number of anilines is 1. The quantitative estimate of drug-likeness (QED) is 0.789. The molecule has 0 bridgehead atoms. The number of hydrogen-bond acceptors (Lipinski definition) is 3. The van der Waals surface area contributed by atoms with Crippen molar-refractivity contribution in [2.75, 3.05) is 19.0 Å². The van der Waals surface area contributed by atoms with Crippen LogP contribution in [-0.4, -0.2) is 25.5 Å². The van der Waals surface area contributed by atoms with Gasteiger partial charge in [0.2, 0.25) is 11.8 Å². The maximum atomic E-state index is 12.4. The minimum Gasteiger partial charge on any atom is -0.497 e. The highest BCUT2D eigenvalue weighted by atomic mass is 16.5. The molecule has 0 radical (unpaired) electrons. The molecule has 0 spiro atoms. The first-order valence-electron chi connectivity index (χ1n) is 7.22. The Morgan fingerprint density at radius 2 is 2.00 bits per heavy atom. The van der Waals surface area contributed by atoms with Crippen LogP contribution in [0.25, 0.3) is 0 Å². The number of amides is 2. The van der Waals surface area contributed by atoms with Crippen LogP contribution in [0.5, 0.6) is 5.75 Å². The topological polar surface area (TPSA) is 67.4 Å². The molecule has 1 fully saturated rings. The SMILES string of the molecule is COc1cccc(NC(=O)C2(C(=O)NCC(C)C)CC2)c1. The van der Waals surface area contributed by atoms with Crippen LogP contribution < -0.4 is 15.4 Å². The fourth-order valence-corrected chi connectivity index (χ4v) is 2.10. The Kier molecular flexibility index (Phi) is 4.50.